The van der Waals surface area contributed by atoms with Crippen LogP contribution in [0.25, 0.3) is 0 Å². The summed E-state index contributed by atoms with van der Waals surface area (Å²) in [5.41, 5.74) is 6.94. The van der Waals surface area contributed by atoms with Crippen LogP contribution < -0.4 is 26.6 Å². The molecular formula is C24H38N8O4. The van der Waals surface area contributed by atoms with Crippen molar-refractivity contribution in [3.8, 4) is 0 Å². The van der Waals surface area contributed by atoms with Crippen molar-refractivity contribution in [3.05, 3.63) is 35.4 Å². The number of nitrogens with two attached hydrogens (primary N) is 1. The molecule has 3 rings (SSSR count). The Bertz CT molecular complexity index is 923. The van der Waals surface area contributed by atoms with Gasteiger partial charge in [0.15, 0.2) is 0 Å². The maximum atomic E-state index is 12.4. The molecule has 2 aromatic rings. The summed E-state index contributed by atoms with van der Waals surface area (Å²) in [7, 11) is 0. The topological polar surface area (TPSA) is 149 Å². The van der Waals surface area contributed by atoms with Gasteiger partial charge in [-0.3, -0.25) is 4.79 Å². The first-order valence-electron chi connectivity index (χ1n) is 12.4. The lowest BCUT2D eigenvalue weighted by molar-refractivity contribution is 0.0511. The van der Waals surface area contributed by atoms with Gasteiger partial charge in [0.25, 0.3) is 5.91 Å². The van der Waals surface area contributed by atoms with E-state index in [-0.39, 0.29) is 11.9 Å². The number of aromatic nitrogens is 3. The van der Waals surface area contributed by atoms with E-state index in [1.807, 2.05) is 26.0 Å². The molecule has 12 nitrogen and oxygen atoms in total. The Morgan fingerprint density at radius 2 is 1.72 bits per heavy atom. The molecule has 0 saturated carbocycles. The minimum atomic E-state index is -0.144. The van der Waals surface area contributed by atoms with Crippen LogP contribution in [0.15, 0.2) is 24.3 Å². The van der Waals surface area contributed by atoms with Gasteiger partial charge in [0.05, 0.1) is 39.6 Å². The molecule has 1 saturated heterocycles. The Kier molecular flexibility index (Phi) is 11.6. The molecule has 0 unspecified atom stereocenters. The summed E-state index contributed by atoms with van der Waals surface area (Å²) in [5, 5.41) is 9.38. The minimum Gasteiger partial charge on any atom is -0.378 e. The molecule has 1 aliphatic rings. The van der Waals surface area contributed by atoms with Crippen LogP contribution in [-0.2, 0) is 20.8 Å². The fourth-order valence-electron chi connectivity index (χ4n) is 3.37. The zero-order valence-electron chi connectivity index (χ0n) is 21.2. The molecule has 0 aliphatic carbocycles. The second kappa shape index (κ2) is 15.1. The molecule has 0 spiro atoms. The second-order valence-corrected chi connectivity index (χ2v) is 8.50. The number of benzene rings is 1. The largest absolute Gasteiger partial charge is 0.378 e. The van der Waals surface area contributed by atoms with Gasteiger partial charge in [0.1, 0.15) is 0 Å². The van der Waals surface area contributed by atoms with Crippen molar-refractivity contribution in [3.63, 3.8) is 0 Å². The third-order valence-corrected chi connectivity index (χ3v) is 5.17. The van der Waals surface area contributed by atoms with Crippen molar-refractivity contribution in [2.45, 2.75) is 26.4 Å². The number of nitrogens with one attached hydrogen (secondary N) is 3. The molecule has 1 aromatic carbocycles. The van der Waals surface area contributed by atoms with E-state index in [9.17, 15) is 4.79 Å². The SMILES string of the molecule is CC(C)Nc1nc(NCc2ccc(C(=O)NCCOCCOCCN)cc2)nc(N2CCOCC2)n1. The summed E-state index contributed by atoms with van der Waals surface area (Å²) in [4.78, 5) is 28.1. The highest BCUT2D eigenvalue weighted by Gasteiger charge is 2.17. The van der Waals surface area contributed by atoms with Gasteiger partial charge in [0, 0.05) is 44.3 Å². The van der Waals surface area contributed by atoms with E-state index in [0.717, 1.165) is 18.7 Å². The summed E-state index contributed by atoms with van der Waals surface area (Å²) >= 11 is 0. The van der Waals surface area contributed by atoms with E-state index in [0.29, 0.717) is 82.7 Å². The van der Waals surface area contributed by atoms with E-state index in [1.54, 1.807) is 12.1 Å². The number of hydrogen-bond donors (Lipinski definition) is 4. The zero-order valence-corrected chi connectivity index (χ0v) is 21.2. The zero-order chi connectivity index (χ0) is 25.6. The van der Waals surface area contributed by atoms with E-state index >= 15 is 0 Å². The quantitative estimate of drug-likeness (QED) is 0.257. The third-order valence-electron chi connectivity index (χ3n) is 5.17. The van der Waals surface area contributed by atoms with E-state index < -0.39 is 0 Å². The number of rotatable bonds is 15. The number of anilines is 3. The molecule has 0 atom stereocenters. The predicted octanol–water partition coefficient (Wildman–Crippen LogP) is 0.862. The van der Waals surface area contributed by atoms with Gasteiger partial charge in [-0.15, -0.1) is 0 Å². The van der Waals surface area contributed by atoms with Crippen LogP contribution in [0.4, 0.5) is 17.8 Å². The number of amides is 1. The van der Waals surface area contributed by atoms with Crippen molar-refractivity contribution in [1.29, 1.82) is 0 Å². The molecule has 0 radical (unpaired) electrons. The lowest BCUT2D eigenvalue weighted by Gasteiger charge is -2.27. The molecule has 1 aromatic heterocycles. The number of ether oxygens (including phenoxy) is 3. The van der Waals surface area contributed by atoms with Crippen LogP contribution in [0.3, 0.4) is 0 Å². The molecule has 12 heteroatoms. The molecular weight excluding hydrogens is 464 g/mol. The smallest absolute Gasteiger partial charge is 0.251 e. The van der Waals surface area contributed by atoms with Gasteiger partial charge in [-0.1, -0.05) is 12.1 Å². The van der Waals surface area contributed by atoms with Crippen molar-refractivity contribution in [2.75, 3.05) is 81.4 Å². The molecule has 1 fully saturated rings. The fraction of sp³-hybridized carbons (Fsp3) is 0.583. The lowest BCUT2D eigenvalue weighted by atomic mass is 10.1. The monoisotopic (exact) mass is 502 g/mol. The average molecular weight is 503 g/mol. The lowest BCUT2D eigenvalue weighted by Crippen LogP contribution is -2.37. The normalized spacial score (nSPS) is 13.6. The maximum absolute atomic E-state index is 12.4. The Labute approximate surface area is 212 Å². The van der Waals surface area contributed by atoms with Gasteiger partial charge >= 0.3 is 0 Å². The number of carbonyl (C=O) groups excluding carboxylic acids is 1. The van der Waals surface area contributed by atoms with Crippen molar-refractivity contribution in [2.24, 2.45) is 5.73 Å². The number of nitrogens with zero attached hydrogens (tertiary/aromatic N) is 4. The second-order valence-electron chi connectivity index (χ2n) is 8.50. The van der Waals surface area contributed by atoms with Gasteiger partial charge in [0.2, 0.25) is 17.8 Å². The molecule has 0 bridgehead atoms. The van der Waals surface area contributed by atoms with Gasteiger partial charge < -0.3 is 40.8 Å². The van der Waals surface area contributed by atoms with E-state index in [4.69, 9.17) is 19.9 Å². The van der Waals surface area contributed by atoms with Crippen LogP contribution in [0.5, 0.6) is 0 Å². The van der Waals surface area contributed by atoms with E-state index in [2.05, 4.69) is 35.8 Å². The first-order chi connectivity index (χ1) is 17.5. The third kappa shape index (κ3) is 9.53. The van der Waals surface area contributed by atoms with Crippen LogP contribution >= 0.6 is 0 Å². The van der Waals surface area contributed by atoms with Gasteiger partial charge in [-0.05, 0) is 31.5 Å². The van der Waals surface area contributed by atoms with Crippen molar-refractivity contribution in [1.82, 2.24) is 20.3 Å². The van der Waals surface area contributed by atoms with Crippen LogP contribution in [-0.4, -0.2) is 92.7 Å². The van der Waals surface area contributed by atoms with Crippen LogP contribution in [0, 0.1) is 0 Å². The van der Waals surface area contributed by atoms with Gasteiger partial charge in [-0.2, -0.15) is 15.0 Å². The predicted molar refractivity (Wildman–Crippen MR) is 138 cm³/mol. The molecule has 5 N–H and O–H groups in total. The standard InChI is InChI=1S/C24H38N8O4/c1-18(2)28-23-29-22(30-24(31-23)32-9-13-36-14-10-32)27-17-19-3-5-20(6-4-19)21(33)26-8-12-35-16-15-34-11-7-25/h3-6,18H,7-17,25H2,1-2H3,(H,26,33)(H2,27,28,29,30,31). The van der Waals surface area contributed by atoms with Crippen molar-refractivity contribution >= 4 is 23.8 Å². The summed E-state index contributed by atoms with van der Waals surface area (Å²) in [6, 6.07) is 7.60. The van der Waals surface area contributed by atoms with E-state index in [1.165, 1.54) is 0 Å². The minimum absolute atomic E-state index is 0.144. The van der Waals surface area contributed by atoms with Crippen molar-refractivity contribution < 1.29 is 19.0 Å². The highest BCUT2D eigenvalue weighted by Crippen LogP contribution is 2.16. The number of hydrogen-bond acceptors (Lipinski definition) is 11. The Balaban J connectivity index is 1.48. The summed E-state index contributed by atoms with van der Waals surface area (Å²) in [6.45, 7) is 10.2. The Hall–Kier alpha value is -3.06. The highest BCUT2D eigenvalue weighted by molar-refractivity contribution is 5.94. The Morgan fingerprint density at radius 3 is 2.42 bits per heavy atom. The summed E-state index contributed by atoms with van der Waals surface area (Å²) in [6.07, 6.45) is 0. The fourth-order valence-corrected chi connectivity index (χ4v) is 3.37. The molecule has 2 heterocycles. The number of carbonyl (C=O) groups is 1. The van der Waals surface area contributed by atoms with Gasteiger partial charge in [-0.25, -0.2) is 0 Å². The van der Waals surface area contributed by atoms with Crippen LogP contribution in [0.1, 0.15) is 29.8 Å². The summed E-state index contributed by atoms with van der Waals surface area (Å²) in [5.74, 6) is 1.50. The molecule has 1 aliphatic heterocycles. The van der Waals surface area contributed by atoms with Crippen LogP contribution in [0.2, 0.25) is 0 Å². The highest BCUT2D eigenvalue weighted by atomic mass is 16.5. The molecule has 36 heavy (non-hydrogen) atoms. The average Bonchev–Trinajstić information content (AvgIpc) is 2.89. The Morgan fingerprint density at radius 1 is 1.03 bits per heavy atom. The number of morpholine rings is 1. The first kappa shape index (κ1) is 27.5. The molecule has 1 amide bonds. The summed E-state index contributed by atoms with van der Waals surface area (Å²) < 4.78 is 16.1. The molecule has 198 valence electrons. The first-order valence-corrected chi connectivity index (χ1v) is 12.4. The maximum Gasteiger partial charge on any atom is 0.251 e.